The number of anilines is 1. The Morgan fingerprint density at radius 2 is 1.93 bits per heavy atom. The van der Waals surface area contributed by atoms with E-state index in [1.165, 1.54) is 0 Å². The van der Waals surface area contributed by atoms with Crippen molar-refractivity contribution in [1.29, 1.82) is 0 Å². The number of aliphatic hydroxyl groups excluding tert-OH is 1. The second-order valence-electron chi connectivity index (χ2n) is 7.35. The lowest BCUT2D eigenvalue weighted by molar-refractivity contribution is 0.156. The Morgan fingerprint density at radius 3 is 2.57 bits per heavy atom. The third-order valence-electron chi connectivity index (χ3n) is 5.58. The number of pyridine rings is 1. The number of halogens is 1. The lowest BCUT2D eigenvalue weighted by Gasteiger charge is -2.34. The zero-order chi connectivity index (χ0) is 21.0. The van der Waals surface area contributed by atoms with Crippen LogP contribution in [0.4, 0.5) is 10.3 Å². The van der Waals surface area contributed by atoms with Gasteiger partial charge < -0.3 is 20.1 Å². The molecule has 1 aromatic carbocycles. The molecule has 4 rings (SSSR count). The molecule has 7 nitrogen and oxygen atoms in total. The molecule has 30 heavy (non-hydrogen) atoms. The summed E-state index contributed by atoms with van der Waals surface area (Å²) in [6, 6.07) is 13.6. The maximum absolute atomic E-state index is 13.3. The minimum Gasteiger partial charge on any atom is -0.497 e. The Balaban J connectivity index is 1.64. The summed E-state index contributed by atoms with van der Waals surface area (Å²) in [6.45, 7) is 1.56. The van der Waals surface area contributed by atoms with Gasteiger partial charge in [-0.2, -0.15) is 0 Å². The highest BCUT2D eigenvalue weighted by atomic mass is 19.1. The van der Waals surface area contributed by atoms with Gasteiger partial charge in [-0.05, 0) is 29.8 Å². The van der Waals surface area contributed by atoms with Crippen LogP contribution in [-0.2, 0) is 12.1 Å². The van der Waals surface area contributed by atoms with Gasteiger partial charge in [0.05, 0.1) is 30.7 Å². The predicted octanol–water partition coefficient (Wildman–Crippen LogP) is 2.13. The van der Waals surface area contributed by atoms with Crippen LogP contribution in [-0.4, -0.2) is 46.9 Å². The lowest BCUT2D eigenvalue weighted by Crippen LogP contribution is -2.50. The van der Waals surface area contributed by atoms with Gasteiger partial charge in [0, 0.05) is 38.4 Å². The van der Waals surface area contributed by atoms with E-state index in [0.717, 1.165) is 29.4 Å². The number of hydrogen-bond acceptors (Lipinski definition) is 7. The molecular formula is C22H24FN5O2. The second kappa shape index (κ2) is 8.73. The van der Waals surface area contributed by atoms with E-state index in [1.807, 2.05) is 47.4 Å². The fraction of sp³-hybridized carbons (Fsp3) is 0.318. The van der Waals surface area contributed by atoms with Gasteiger partial charge in [0.2, 0.25) is 5.95 Å². The molecular weight excluding hydrogens is 385 g/mol. The number of methoxy groups -OCH3 is 1. The minimum atomic E-state index is -0.617. The maximum Gasteiger partial charge on any atom is 0.225 e. The summed E-state index contributed by atoms with van der Waals surface area (Å²) in [5.74, 6) is 0.593. The van der Waals surface area contributed by atoms with Crippen molar-refractivity contribution in [2.24, 2.45) is 5.92 Å². The zero-order valence-electron chi connectivity index (χ0n) is 16.7. The van der Waals surface area contributed by atoms with Crippen molar-refractivity contribution in [2.75, 3.05) is 31.7 Å². The van der Waals surface area contributed by atoms with E-state index in [9.17, 15) is 9.50 Å². The number of aliphatic hydroxyl groups is 1. The lowest BCUT2D eigenvalue weighted by atomic mass is 9.83. The van der Waals surface area contributed by atoms with Gasteiger partial charge in [0.1, 0.15) is 5.75 Å². The number of nitrogens with one attached hydrogen (secondary N) is 1. The molecule has 1 saturated heterocycles. The summed E-state index contributed by atoms with van der Waals surface area (Å²) in [7, 11) is 1.64. The van der Waals surface area contributed by atoms with Crippen molar-refractivity contribution in [3.8, 4) is 5.75 Å². The van der Waals surface area contributed by atoms with Gasteiger partial charge in [-0.3, -0.25) is 4.98 Å². The quantitative estimate of drug-likeness (QED) is 0.619. The number of hydrogen-bond donors (Lipinski definition) is 2. The predicted molar refractivity (Wildman–Crippen MR) is 111 cm³/mol. The van der Waals surface area contributed by atoms with Crippen molar-refractivity contribution >= 4 is 5.95 Å². The topological polar surface area (TPSA) is 83.4 Å². The summed E-state index contributed by atoms with van der Waals surface area (Å²) in [4.78, 5) is 14.8. The normalized spacial score (nSPS) is 21.0. The molecule has 2 N–H and O–H groups in total. The molecule has 8 heteroatoms. The number of benzene rings is 1. The smallest absolute Gasteiger partial charge is 0.225 e. The zero-order valence-corrected chi connectivity index (χ0v) is 16.7. The van der Waals surface area contributed by atoms with Crippen molar-refractivity contribution in [3.05, 3.63) is 78.1 Å². The Hall–Kier alpha value is -3.10. The van der Waals surface area contributed by atoms with Crippen molar-refractivity contribution in [1.82, 2.24) is 20.3 Å². The van der Waals surface area contributed by atoms with E-state index in [4.69, 9.17) is 4.74 Å². The monoisotopic (exact) mass is 409 g/mol. The standard InChI is InChI=1S/C22H24FN5O2/c1-30-19-7-5-16(6-8-19)10-27-22(20-4-2-3-9-24-20)15-28(13-17(22)14-29)21-25-11-18(23)12-26-21/h2-9,11-12,17,27,29H,10,13-15H2,1H3. The molecule has 0 saturated carbocycles. The summed E-state index contributed by atoms with van der Waals surface area (Å²) >= 11 is 0. The van der Waals surface area contributed by atoms with E-state index < -0.39 is 11.4 Å². The van der Waals surface area contributed by atoms with E-state index in [1.54, 1.807) is 13.3 Å². The molecule has 2 unspecified atom stereocenters. The van der Waals surface area contributed by atoms with E-state index in [0.29, 0.717) is 25.6 Å². The molecule has 156 valence electrons. The van der Waals surface area contributed by atoms with Gasteiger partial charge in [0.15, 0.2) is 5.82 Å². The summed E-state index contributed by atoms with van der Waals surface area (Å²) in [5.41, 5.74) is 1.30. The van der Waals surface area contributed by atoms with Gasteiger partial charge in [-0.25, -0.2) is 14.4 Å². The number of rotatable bonds is 7. The maximum atomic E-state index is 13.3. The molecule has 0 aliphatic carbocycles. The Bertz CT molecular complexity index is 956. The van der Waals surface area contributed by atoms with Crippen LogP contribution in [0.1, 0.15) is 11.3 Å². The number of ether oxygens (including phenoxy) is 1. The van der Waals surface area contributed by atoms with Gasteiger partial charge in [-0.15, -0.1) is 0 Å². The molecule has 0 spiro atoms. The molecule has 0 amide bonds. The molecule has 0 bridgehead atoms. The van der Waals surface area contributed by atoms with Crippen LogP contribution in [0.25, 0.3) is 0 Å². The van der Waals surface area contributed by atoms with Crippen LogP contribution in [0, 0.1) is 11.7 Å². The first-order valence-corrected chi connectivity index (χ1v) is 9.77. The number of nitrogens with zero attached hydrogens (tertiary/aromatic N) is 4. The third-order valence-corrected chi connectivity index (χ3v) is 5.58. The average Bonchev–Trinajstić information content (AvgIpc) is 3.19. The van der Waals surface area contributed by atoms with Crippen LogP contribution >= 0.6 is 0 Å². The molecule has 2 aromatic heterocycles. The summed E-state index contributed by atoms with van der Waals surface area (Å²) in [6.07, 6.45) is 4.06. The van der Waals surface area contributed by atoms with Crippen LogP contribution in [0.5, 0.6) is 5.75 Å². The first-order valence-electron chi connectivity index (χ1n) is 9.77. The summed E-state index contributed by atoms with van der Waals surface area (Å²) in [5, 5.41) is 13.9. The van der Waals surface area contributed by atoms with E-state index in [-0.39, 0.29) is 12.5 Å². The van der Waals surface area contributed by atoms with Crippen LogP contribution in [0.3, 0.4) is 0 Å². The highest BCUT2D eigenvalue weighted by molar-refractivity contribution is 5.38. The molecule has 1 aliphatic rings. The molecule has 3 aromatic rings. The third kappa shape index (κ3) is 3.96. The molecule has 1 fully saturated rings. The fourth-order valence-corrected chi connectivity index (χ4v) is 3.96. The Kier molecular flexibility index (Phi) is 5.87. The largest absolute Gasteiger partial charge is 0.497 e. The van der Waals surface area contributed by atoms with Crippen LogP contribution < -0.4 is 15.0 Å². The van der Waals surface area contributed by atoms with Gasteiger partial charge in [-0.1, -0.05) is 18.2 Å². The minimum absolute atomic E-state index is 0.0378. The highest BCUT2D eigenvalue weighted by Crippen LogP contribution is 2.37. The van der Waals surface area contributed by atoms with Crippen LogP contribution in [0.15, 0.2) is 61.1 Å². The molecule has 3 heterocycles. The van der Waals surface area contributed by atoms with Gasteiger partial charge in [0.25, 0.3) is 0 Å². The SMILES string of the molecule is COc1ccc(CNC2(c3ccccn3)CN(c3ncc(F)cn3)CC2CO)cc1. The van der Waals surface area contributed by atoms with Crippen molar-refractivity contribution in [3.63, 3.8) is 0 Å². The fourth-order valence-electron chi connectivity index (χ4n) is 3.96. The van der Waals surface area contributed by atoms with Crippen molar-refractivity contribution < 1.29 is 14.2 Å². The highest BCUT2D eigenvalue weighted by Gasteiger charge is 2.49. The van der Waals surface area contributed by atoms with E-state index in [2.05, 4.69) is 20.3 Å². The van der Waals surface area contributed by atoms with Crippen molar-refractivity contribution in [2.45, 2.75) is 12.1 Å². The van der Waals surface area contributed by atoms with Gasteiger partial charge >= 0.3 is 0 Å². The van der Waals surface area contributed by atoms with E-state index >= 15 is 0 Å². The second-order valence-corrected chi connectivity index (χ2v) is 7.35. The molecule has 2 atom stereocenters. The summed E-state index contributed by atoms with van der Waals surface area (Å²) < 4.78 is 18.5. The Labute approximate surface area is 174 Å². The Morgan fingerprint density at radius 1 is 1.17 bits per heavy atom. The molecule has 1 aliphatic heterocycles. The first-order chi connectivity index (χ1) is 14.6. The molecule has 0 radical (unpaired) electrons. The van der Waals surface area contributed by atoms with Crippen LogP contribution in [0.2, 0.25) is 0 Å². The number of aromatic nitrogens is 3. The first kappa shape index (κ1) is 20.2. The average molecular weight is 409 g/mol.